The summed E-state index contributed by atoms with van der Waals surface area (Å²) in [6, 6.07) is 7.30. The summed E-state index contributed by atoms with van der Waals surface area (Å²) in [5.41, 5.74) is 2.19. The van der Waals surface area contributed by atoms with Crippen molar-refractivity contribution >= 4 is 40.2 Å². The summed E-state index contributed by atoms with van der Waals surface area (Å²) < 4.78 is 1.74. The maximum atomic E-state index is 9.65. The Balaban J connectivity index is 1.19. The number of hydrogen-bond donors (Lipinski definition) is 1. The third-order valence-corrected chi connectivity index (χ3v) is 8.21. The lowest BCUT2D eigenvalue weighted by Crippen LogP contribution is -2.53. The fourth-order valence-electron chi connectivity index (χ4n) is 5.58. The second-order valence-corrected chi connectivity index (χ2v) is 10.8. The summed E-state index contributed by atoms with van der Waals surface area (Å²) in [4.78, 5) is 21.9. The number of rotatable bonds is 6. The molecule has 2 aliphatic rings. The molecule has 9 nitrogen and oxygen atoms in total. The van der Waals surface area contributed by atoms with Crippen LogP contribution in [0.1, 0.15) is 42.9 Å². The van der Waals surface area contributed by atoms with Gasteiger partial charge in [-0.1, -0.05) is 29.3 Å². The number of nitrogens with one attached hydrogen (secondary N) is 1. The summed E-state index contributed by atoms with van der Waals surface area (Å²) in [6.07, 6.45) is 7.93. The summed E-state index contributed by atoms with van der Waals surface area (Å²) in [5.74, 6) is 3.14. The Morgan fingerprint density at radius 2 is 2.05 bits per heavy atom. The van der Waals surface area contributed by atoms with Crippen molar-refractivity contribution in [2.45, 2.75) is 32.4 Å². The number of anilines is 1. The number of aromatic amines is 1. The van der Waals surface area contributed by atoms with Gasteiger partial charge in [0.1, 0.15) is 23.2 Å². The van der Waals surface area contributed by atoms with Crippen LogP contribution in [0.25, 0.3) is 11.2 Å². The monoisotopic (exact) mass is 535 g/mol. The first-order chi connectivity index (χ1) is 18.0. The summed E-state index contributed by atoms with van der Waals surface area (Å²) in [6.45, 7) is 6.99. The van der Waals surface area contributed by atoms with Gasteiger partial charge < -0.3 is 9.88 Å². The number of piperidine rings is 1. The molecule has 0 radical (unpaired) electrons. The number of halogens is 2. The van der Waals surface area contributed by atoms with Crippen molar-refractivity contribution < 1.29 is 0 Å². The lowest BCUT2D eigenvalue weighted by atomic mass is 9.80. The number of hydrogen-bond acceptors (Lipinski definition) is 7. The first-order valence-corrected chi connectivity index (χ1v) is 13.3. The molecule has 1 N–H and O–H groups in total. The predicted octanol–water partition coefficient (Wildman–Crippen LogP) is 4.69. The van der Waals surface area contributed by atoms with E-state index in [0.717, 1.165) is 49.9 Å². The van der Waals surface area contributed by atoms with Gasteiger partial charge in [-0.2, -0.15) is 10.4 Å². The average Bonchev–Trinajstić information content (AvgIpc) is 3.50. The van der Waals surface area contributed by atoms with Crippen LogP contribution in [0.4, 0.5) is 5.82 Å². The van der Waals surface area contributed by atoms with Crippen LogP contribution >= 0.6 is 23.2 Å². The van der Waals surface area contributed by atoms with Gasteiger partial charge in [0.2, 0.25) is 0 Å². The molecule has 0 spiro atoms. The van der Waals surface area contributed by atoms with E-state index in [2.05, 4.69) is 35.9 Å². The minimum Gasteiger partial charge on any atom is -0.355 e. The lowest BCUT2D eigenvalue weighted by Gasteiger charge is -2.47. The van der Waals surface area contributed by atoms with Crippen LogP contribution in [0.15, 0.2) is 36.8 Å². The van der Waals surface area contributed by atoms with Crippen molar-refractivity contribution in [1.29, 1.82) is 5.26 Å². The first kappa shape index (κ1) is 24.2. The Kier molecular flexibility index (Phi) is 6.49. The molecule has 4 aromatic rings. The van der Waals surface area contributed by atoms with E-state index < -0.39 is 0 Å². The molecule has 2 aliphatic heterocycles. The second kappa shape index (κ2) is 9.93. The van der Waals surface area contributed by atoms with Crippen LogP contribution in [-0.2, 0) is 6.54 Å². The number of benzene rings is 1. The zero-order valence-corrected chi connectivity index (χ0v) is 22.0. The Morgan fingerprint density at radius 1 is 1.19 bits per heavy atom. The predicted molar refractivity (Wildman–Crippen MR) is 143 cm³/mol. The normalized spacial score (nSPS) is 19.6. The molecule has 11 heteroatoms. The SMILES string of the molecule is C[C@H](c1ccc(Cl)cc1Cl)n1nc(C#N)c2ncc(N3CC([C@H]4CCCN(Cc5ncc[nH]5)C4)C3)nc21. The molecular weight excluding hydrogens is 509 g/mol. The molecular formula is C26H27Cl2N9. The highest BCUT2D eigenvalue weighted by Gasteiger charge is 2.37. The summed E-state index contributed by atoms with van der Waals surface area (Å²) in [5, 5.41) is 15.3. The molecule has 1 aromatic carbocycles. The molecule has 0 bridgehead atoms. The Labute approximate surface area is 225 Å². The van der Waals surface area contributed by atoms with Crippen molar-refractivity contribution in [1.82, 2.24) is 34.6 Å². The largest absolute Gasteiger partial charge is 0.355 e. The van der Waals surface area contributed by atoms with Gasteiger partial charge in [-0.15, -0.1) is 0 Å². The van der Waals surface area contributed by atoms with Crippen LogP contribution in [0.5, 0.6) is 0 Å². The minimum atomic E-state index is -0.245. The number of nitriles is 1. The van der Waals surface area contributed by atoms with Crippen molar-refractivity contribution in [2.75, 3.05) is 31.1 Å². The van der Waals surface area contributed by atoms with E-state index in [1.165, 1.54) is 12.8 Å². The highest BCUT2D eigenvalue weighted by Crippen LogP contribution is 2.35. The van der Waals surface area contributed by atoms with E-state index in [-0.39, 0.29) is 11.7 Å². The van der Waals surface area contributed by atoms with E-state index in [9.17, 15) is 5.26 Å². The van der Waals surface area contributed by atoms with Gasteiger partial charge in [-0.3, -0.25) is 4.90 Å². The van der Waals surface area contributed by atoms with Crippen LogP contribution in [-0.4, -0.2) is 60.8 Å². The Hall–Kier alpha value is -3.19. The van der Waals surface area contributed by atoms with Crippen LogP contribution < -0.4 is 4.90 Å². The first-order valence-electron chi connectivity index (χ1n) is 12.6. The summed E-state index contributed by atoms with van der Waals surface area (Å²) >= 11 is 12.6. The van der Waals surface area contributed by atoms with Gasteiger partial charge in [0.05, 0.1) is 18.8 Å². The maximum absolute atomic E-state index is 9.65. The smallest absolute Gasteiger partial charge is 0.190 e. The zero-order chi connectivity index (χ0) is 25.5. The highest BCUT2D eigenvalue weighted by molar-refractivity contribution is 6.35. The number of aromatic nitrogens is 6. The van der Waals surface area contributed by atoms with Gasteiger partial charge in [0.25, 0.3) is 0 Å². The fraction of sp³-hybridized carbons (Fsp3) is 0.423. The van der Waals surface area contributed by atoms with Crippen molar-refractivity contribution in [3.05, 3.63) is 63.9 Å². The molecule has 0 unspecified atom stereocenters. The van der Waals surface area contributed by atoms with E-state index in [4.69, 9.17) is 28.2 Å². The van der Waals surface area contributed by atoms with Gasteiger partial charge in [-0.25, -0.2) is 19.6 Å². The third kappa shape index (κ3) is 4.65. The molecule has 190 valence electrons. The van der Waals surface area contributed by atoms with E-state index in [1.807, 2.05) is 25.4 Å². The minimum absolute atomic E-state index is 0.245. The molecule has 0 amide bonds. The second-order valence-electron chi connectivity index (χ2n) is 9.99. The Morgan fingerprint density at radius 3 is 2.81 bits per heavy atom. The molecule has 5 heterocycles. The topological polar surface area (TPSA) is 103 Å². The standard InChI is InChI=1S/C26H27Cl2N9/c1-16(20-5-4-19(27)9-21(20)28)37-26-25(22(10-29)34-37)32-11-24(33-26)36-13-18(14-36)17-3-2-8-35(12-17)15-23-30-6-7-31-23/h4-7,9,11,16-18H,2-3,8,12-15H2,1H3,(H,30,31)/t16-,17+/m1/s1. The number of imidazole rings is 1. The third-order valence-electron chi connectivity index (χ3n) is 7.65. The number of likely N-dealkylation sites (tertiary alicyclic amines) is 1. The van der Waals surface area contributed by atoms with Gasteiger partial charge in [0.15, 0.2) is 11.3 Å². The molecule has 3 aromatic heterocycles. The molecule has 0 saturated carbocycles. The molecule has 37 heavy (non-hydrogen) atoms. The van der Waals surface area contributed by atoms with E-state index >= 15 is 0 Å². The van der Waals surface area contributed by atoms with Crippen LogP contribution in [0, 0.1) is 23.2 Å². The fourth-order valence-corrected chi connectivity index (χ4v) is 6.15. The number of nitrogens with zero attached hydrogens (tertiary/aromatic N) is 8. The zero-order valence-electron chi connectivity index (χ0n) is 20.5. The van der Waals surface area contributed by atoms with Gasteiger partial charge in [-0.05, 0) is 55.8 Å². The van der Waals surface area contributed by atoms with Crippen molar-refractivity contribution in [3.63, 3.8) is 0 Å². The molecule has 2 atom stereocenters. The summed E-state index contributed by atoms with van der Waals surface area (Å²) in [7, 11) is 0. The number of fused-ring (bicyclic) bond motifs is 1. The van der Waals surface area contributed by atoms with Crippen molar-refractivity contribution in [2.24, 2.45) is 11.8 Å². The van der Waals surface area contributed by atoms with Crippen LogP contribution in [0.3, 0.4) is 0 Å². The average molecular weight is 536 g/mol. The van der Waals surface area contributed by atoms with E-state index in [1.54, 1.807) is 23.0 Å². The number of H-pyrrole nitrogens is 1. The van der Waals surface area contributed by atoms with Gasteiger partial charge >= 0.3 is 0 Å². The highest BCUT2D eigenvalue weighted by atomic mass is 35.5. The maximum Gasteiger partial charge on any atom is 0.190 e. The quantitative estimate of drug-likeness (QED) is 0.382. The van der Waals surface area contributed by atoms with Crippen molar-refractivity contribution in [3.8, 4) is 6.07 Å². The van der Waals surface area contributed by atoms with E-state index in [0.29, 0.717) is 33.0 Å². The lowest BCUT2D eigenvalue weighted by molar-refractivity contribution is 0.112. The molecule has 2 fully saturated rings. The van der Waals surface area contributed by atoms with Crippen LogP contribution in [0.2, 0.25) is 10.0 Å². The molecule has 2 saturated heterocycles. The molecule has 0 aliphatic carbocycles. The Bertz CT molecular complexity index is 1450. The molecule has 6 rings (SSSR count). The van der Waals surface area contributed by atoms with Gasteiger partial charge in [0, 0.05) is 42.1 Å².